The Morgan fingerprint density at radius 2 is 1.92 bits per heavy atom. The van der Waals surface area contributed by atoms with Gasteiger partial charge in [0.15, 0.2) is 0 Å². The summed E-state index contributed by atoms with van der Waals surface area (Å²) in [5.41, 5.74) is -1.19. The van der Waals surface area contributed by atoms with Crippen LogP contribution >= 0.6 is 11.6 Å². The van der Waals surface area contributed by atoms with Gasteiger partial charge in [0.1, 0.15) is 0 Å². The predicted molar refractivity (Wildman–Crippen MR) is 91.6 cm³/mol. The van der Waals surface area contributed by atoms with Crippen molar-refractivity contribution in [2.24, 2.45) is 17.8 Å². The molecule has 2 aliphatic rings. The fraction of sp³-hybridized carbons (Fsp3) is 0.556. The molecule has 0 heterocycles. The smallest absolute Gasteiger partial charge is 0.345 e. The summed E-state index contributed by atoms with van der Waals surface area (Å²) < 4.78 is 38.6. The molecule has 0 saturated heterocycles. The van der Waals surface area contributed by atoms with Gasteiger partial charge in [-0.1, -0.05) is 18.0 Å². The minimum Gasteiger partial charge on any atom is -0.345 e. The number of benzene rings is 1. The van der Waals surface area contributed by atoms with Crippen molar-refractivity contribution in [2.75, 3.05) is 5.32 Å². The van der Waals surface area contributed by atoms with Crippen LogP contribution in [0.15, 0.2) is 18.2 Å². The van der Waals surface area contributed by atoms with E-state index in [0.29, 0.717) is 23.8 Å². The fourth-order valence-electron chi connectivity index (χ4n) is 4.29. The summed E-state index contributed by atoms with van der Waals surface area (Å²) >= 11 is 5.54. The number of alkyl halides is 3. The van der Waals surface area contributed by atoms with Crippen molar-refractivity contribution in [3.8, 4) is 0 Å². The molecule has 2 aliphatic carbocycles. The highest BCUT2D eigenvalue weighted by Gasteiger charge is 2.42. The number of rotatable bonds is 3. The van der Waals surface area contributed by atoms with E-state index in [9.17, 15) is 22.8 Å². The highest BCUT2D eigenvalue weighted by atomic mass is 35.5. The van der Waals surface area contributed by atoms with Gasteiger partial charge >= 0.3 is 18.0 Å². The number of carbonyl (C=O) groups excluding carboxylic acids is 2. The lowest BCUT2D eigenvalue weighted by atomic mass is 9.84. The molecule has 3 rings (SSSR count). The van der Waals surface area contributed by atoms with Crippen LogP contribution in [0.2, 0.25) is 5.02 Å². The molecule has 0 spiro atoms. The quantitative estimate of drug-likeness (QED) is 0.761. The van der Waals surface area contributed by atoms with Crippen molar-refractivity contribution in [1.29, 1.82) is 0 Å². The van der Waals surface area contributed by atoms with Crippen LogP contribution in [0.4, 0.5) is 18.9 Å². The summed E-state index contributed by atoms with van der Waals surface area (Å²) in [6.45, 7) is 1.88. The van der Waals surface area contributed by atoms with E-state index < -0.39 is 28.6 Å². The molecule has 4 unspecified atom stereocenters. The van der Waals surface area contributed by atoms with Crippen LogP contribution < -0.4 is 10.6 Å². The largest absolute Gasteiger partial charge is 0.417 e. The zero-order valence-corrected chi connectivity index (χ0v) is 15.0. The van der Waals surface area contributed by atoms with Gasteiger partial charge in [0.25, 0.3) is 0 Å². The molecule has 142 valence electrons. The fourth-order valence-corrected chi connectivity index (χ4v) is 4.52. The molecule has 8 heteroatoms. The standard InChI is InChI=1S/C18H20ClF3N2O2/c1-9(13-7-10-2-3-11(13)6-10)23-16(25)17(26)24-12-4-5-15(19)14(8-12)18(20,21)22/h4-5,8-11,13H,2-3,6-7H2,1H3,(H,23,25)(H,24,26). The van der Waals surface area contributed by atoms with Crippen molar-refractivity contribution in [1.82, 2.24) is 5.32 Å². The molecule has 1 aromatic rings. The van der Waals surface area contributed by atoms with Crippen molar-refractivity contribution >= 4 is 29.1 Å². The summed E-state index contributed by atoms with van der Waals surface area (Å²) in [7, 11) is 0. The Labute approximate surface area is 154 Å². The maximum atomic E-state index is 12.9. The molecule has 2 amide bonds. The number of nitrogens with one attached hydrogen (secondary N) is 2. The molecule has 1 aromatic carbocycles. The van der Waals surface area contributed by atoms with E-state index in [2.05, 4.69) is 10.6 Å². The Balaban J connectivity index is 1.60. The van der Waals surface area contributed by atoms with Crippen LogP contribution in [0.5, 0.6) is 0 Å². The minimum atomic E-state index is -4.64. The summed E-state index contributed by atoms with van der Waals surface area (Å²) in [6, 6.07) is 2.84. The normalized spacial score (nSPS) is 25.8. The zero-order valence-electron chi connectivity index (χ0n) is 14.2. The molecule has 2 bridgehead atoms. The van der Waals surface area contributed by atoms with Crippen molar-refractivity contribution < 1.29 is 22.8 Å². The van der Waals surface area contributed by atoms with Crippen molar-refractivity contribution in [2.45, 2.75) is 44.8 Å². The second-order valence-electron chi connectivity index (χ2n) is 7.25. The Morgan fingerprint density at radius 3 is 2.50 bits per heavy atom. The van der Waals surface area contributed by atoms with Crippen LogP contribution in [-0.4, -0.2) is 17.9 Å². The van der Waals surface area contributed by atoms with E-state index in [-0.39, 0.29) is 11.7 Å². The average Bonchev–Trinajstić information content (AvgIpc) is 3.18. The number of hydrogen-bond acceptors (Lipinski definition) is 2. The van der Waals surface area contributed by atoms with Gasteiger partial charge in [0.05, 0.1) is 10.6 Å². The first-order chi connectivity index (χ1) is 12.1. The van der Waals surface area contributed by atoms with E-state index >= 15 is 0 Å². The van der Waals surface area contributed by atoms with Gasteiger partial charge in [-0.05, 0) is 62.1 Å². The monoisotopic (exact) mass is 388 g/mol. The van der Waals surface area contributed by atoms with Crippen molar-refractivity contribution in [3.05, 3.63) is 28.8 Å². The third-order valence-corrected chi connectivity index (χ3v) is 5.86. The first-order valence-corrected chi connectivity index (χ1v) is 9.01. The van der Waals surface area contributed by atoms with Gasteiger partial charge in [0, 0.05) is 11.7 Å². The van der Waals surface area contributed by atoms with Gasteiger partial charge in [-0.25, -0.2) is 0 Å². The lowest BCUT2D eigenvalue weighted by molar-refractivity contribution is -0.137. The average molecular weight is 389 g/mol. The van der Waals surface area contributed by atoms with Gasteiger partial charge in [-0.3, -0.25) is 9.59 Å². The molecule has 2 saturated carbocycles. The van der Waals surface area contributed by atoms with Gasteiger partial charge in [0.2, 0.25) is 0 Å². The Kier molecular flexibility index (Phi) is 5.19. The molecular weight excluding hydrogens is 369 g/mol. The zero-order chi connectivity index (χ0) is 19.1. The van der Waals surface area contributed by atoms with Crippen LogP contribution in [0.3, 0.4) is 0 Å². The highest BCUT2D eigenvalue weighted by Crippen LogP contribution is 2.49. The Morgan fingerprint density at radius 1 is 1.19 bits per heavy atom. The SMILES string of the molecule is CC(NC(=O)C(=O)Nc1ccc(Cl)c(C(F)(F)F)c1)C1CC2CCC1C2. The molecule has 0 aromatic heterocycles. The van der Waals surface area contributed by atoms with E-state index in [1.807, 2.05) is 6.92 Å². The molecule has 4 atom stereocenters. The lowest BCUT2D eigenvalue weighted by Gasteiger charge is -2.28. The Bertz CT molecular complexity index is 723. The maximum absolute atomic E-state index is 12.9. The molecule has 2 fully saturated rings. The lowest BCUT2D eigenvalue weighted by Crippen LogP contribution is -2.45. The Hall–Kier alpha value is -1.76. The molecule has 0 radical (unpaired) electrons. The van der Waals surface area contributed by atoms with Gasteiger partial charge < -0.3 is 10.6 Å². The number of fused-ring (bicyclic) bond motifs is 2. The maximum Gasteiger partial charge on any atom is 0.417 e. The second kappa shape index (κ2) is 7.10. The first kappa shape index (κ1) is 19.0. The van der Waals surface area contributed by atoms with Gasteiger partial charge in [-0.15, -0.1) is 0 Å². The molecule has 4 nitrogen and oxygen atoms in total. The van der Waals surface area contributed by atoms with Crippen LogP contribution in [0.25, 0.3) is 0 Å². The van der Waals surface area contributed by atoms with E-state index in [0.717, 1.165) is 18.9 Å². The predicted octanol–water partition coefficient (Wildman–Crippen LogP) is 4.24. The number of hydrogen-bond donors (Lipinski definition) is 2. The summed E-state index contributed by atoms with van der Waals surface area (Å²) in [6.07, 6.45) is -0.00847. The number of carbonyl (C=O) groups is 2. The molecule has 2 N–H and O–H groups in total. The van der Waals surface area contributed by atoms with Crippen LogP contribution in [0.1, 0.15) is 38.2 Å². The molecule has 0 aliphatic heterocycles. The topological polar surface area (TPSA) is 58.2 Å². The van der Waals surface area contributed by atoms with Crippen molar-refractivity contribution in [3.63, 3.8) is 0 Å². The van der Waals surface area contributed by atoms with E-state index in [4.69, 9.17) is 11.6 Å². The third-order valence-electron chi connectivity index (χ3n) is 5.53. The van der Waals surface area contributed by atoms with Crippen LogP contribution in [-0.2, 0) is 15.8 Å². The van der Waals surface area contributed by atoms with E-state index in [1.54, 1.807) is 0 Å². The number of amides is 2. The summed E-state index contributed by atoms with van der Waals surface area (Å²) in [4.78, 5) is 24.1. The summed E-state index contributed by atoms with van der Waals surface area (Å²) in [5, 5.41) is 4.42. The third kappa shape index (κ3) is 3.98. The first-order valence-electron chi connectivity index (χ1n) is 8.63. The number of anilines is 1. The van der Waals surface area contributed by atoms with E-state index in [1.165, 1.54) is 18.9 Å². The molecular formula is C18H20ClF3N2O2. The second-order valence-corrected chi connectivity index (χ2v) is 7.65. The van der Waals surface area contributed by atoms with Gasteiger partial charge in [-0.2, -0.15) is 13.2 Å². The minimum absolute atomic E-state index is 0.130. The highest BCUT2D eigenvalue weighted by molar-refractivity contribution is 6.39. The van der Waals surface area contributed by atoms with Crippen LogP contribution in [0, 0.1) is 17.8 Å². The molecule has 26 heavy (non-hydrogen) atoms. The summed E-state index contributed by atoms with van der Waals surface area (Å²) in [5.74, 6) is -0.172. The number of halogens is 4.